The average Bonchev–Trinajstić information content (AvgIpc) is 3.67. The molecule has 4 aliphatic rings. The number of fused-ring (bicyclic) bond motifs is 3. The fourth-order valence-electron chi connectivity index (χ4n) is 6.77. The molecule has 222 valence electrons. The van der Waals surface area contributed by atoms with Gasteiger partial charge in [0.15, 0.2) is 11.4 Å². The molecule has 0 spiro atoms. The number of hydrogen-bond donors (Lipinski definition) is 5. The summed E-state index contributed by atoms with van der Waals surface area (Å²) in [6, 6.07) is -0.242. The van der Waals surface area contributed by atoms with Gasteiger partial charge in [-0.1, -0.05) is 0 Å². The minimum atomic E-state index is -2.79. The van der Waals surface area contributed by atoms with Crippen LogP contribution in [-0.2, 0) is 27.3 Å². The lowest BCUT2D eigenvalue weighted by molar-refractivity contribution is -0.153. The van der Waals surface area contributed by atoms with Gasteiger partial charge in [-0.15, -0.1) is 0 Å². The number of aliphatic hydroxyl groups excluding tert-OH is 2. The number of phenolic OH excluding ortho intramolecular Hbond substituents is 1. The third-order valence-corrected chi connectivity index (χ3v) is 8.73. The maximum absolute atomic E-state index is 15.9. The molecule has 5 rings (SSSR count). The van der Waals surface area contributed by atoms with Crippen LogP contribution < -0.4 is 5.73 Å². The van der Waals surface area contributed by atoms with Crippen molar-refractivity contribution in [3.8, 4) is 5.75 Å². The summed E-state index contributed by atoms with van der Waals surface area (Å²) >= 11 is 0. The van der Waals surface area contributed by atoms with Gasteiger partial charge in [0, 0.05) is 35.7 Å². The Morgan fingerprint density at radius 3 is 2.41 bits per heavy atom. The molecule has 4 atom stereocenters. The zero-order chi connectivity index (χ0) is 30.1. The van der Waals surface area contributed by atoms with E-state index in [9.17, 15) is 43.6 Å². The van der Waals surface area contributed by atoms with E-state index in [0.29, 0.717) is 6.54 Å². The number of primary amides is 1. The van der Waals surface area contributed by atoms with Crippen molar-refractivity contribution in [2.75, 3.05) is 27.2 Å². The topological polar surface area (TPSA) is 165 Å². The molecule has 13 heteroatoms. The number of aliphatic hydroxyl groups is 3. The number of rotatable bonds is 8. The van der Waals surface area contributed by atoms with Crippen molar-refractivity contribution >= 4 is 23.2 Å². The summed E-state index contributed by atoms with van der Waals surface area (Å²) in [4.78, 5) is 41.8. The number of nitrogens with two attached hydrogens (primary N) is 1. The predicted molar refractivity (Wildman–Crippen MR) is 138 cm³/mol. The molecule has 0 aromatic heterocycles. The molecular weight excluding hydrogens is 547 g/mol. The van der Waals surface area contributed by atoms with Crippen molar-refractivity contribution in [2.24, 2.45) is 23.5 Å². The summed E-state index contributed by atoms with van der Waals surface area (Å²) in [5.74, 6) is -8.86. The molecule has 1 aromatic rings. The summed E-state index contributed by atoms with van der Waals surface area (Å²) in [6.45, 7) is -0.439. The fourth-order valence-corrected chi connectivity index (χ4v) is 6.77. The first-order valence-electron chi connectivity index (χ1n) is 13.4. The van der Waals surface area contributed by atoms with Crippen LogP contribution in [-0.4, -0.2) is 93.0 Å². The number of likely N-dealkylation sites (N-methyl/N-ethyl adjacent to an activating group) is 1. The molecular formula is C28H32F3N3O7. The average molecular weight is 580 g/mol. The van der Waals surface area contributed by atoms with Gasteiger partial charge in [0.2, 0.25) is 5.78 Å². The van der Waals surface area contributed by atoms with Crippen molar-refractivity contribution in [3.05, 3.63) is 45.5 Å². The lowest BCUT2D eigenvalue weighted by atomic mass is 9.57. The van der Waals surface area contributed by atoms with Gasteiger partial charge in [-0.2, -0.15) is 0 Å². The lowest BCUT2D eigenvalue weighted by Gasteiger charge is -2.50. The van der Waals surface area contributed by atoms with Crippen molar-refractivity contribution in [2.45, 2.75) is 50.3 Å². The Kier molecular flexibility index (Phi) is 7.19. The third-order valence-electron chi connectivity index (χ3n) is 8.73. The van der Waals surface area contributed by atoms with Crippen molar-refractivity contribution in [1.82, 2.24) is 9.80 Å². The largest absolute Gasteiger partial charge is 0.508 e. The Morgan fingerprint density at radius 2 is 1.85 bits per heavy atom. The molecule has 2 fully saturated rings. The highest BCUT2D eigenvalue weighted by Crippen LogP contribution is 2.53. The second-order valence-corrected chi connectivity index (χ2v) is 11.7. The molecule has 1 amide bonds. The Bertz CT molecular complexity index is 1400. The highest BCUT2D eigenvalue weighted by atomic mass is 19.3. The molecule has 6 N–H and O–H groups in total. The molecule has 0 aliphatic heterocycles. The number of phenols is 1. The summed E-state index contributed by atoms with van der Waals surface area (Å²) in [5.41, 5.74) is 0.617. The number of Topliss-reactive ketones (excluding diaryl/α,β-unsaturated/α-hetero) is 2. The maximum Gasteiger partial charge on any atom is 0.255 e. The molecule has 0 saturated heterocycles. The molecule has 10 nitrogen and oxygen atoms in total. The van der Waals surface area contributed by atoms with Crippen LogP contribution in [0.25, 0.3) is 5.76 Å². The van der Waals surface area contributed by atoms with E-state index >= 15 is 4.39 Å². The van der Waals surface area contributed by atoms with Crippen LogP contribution in [0.5, 0.6) is 5.75 Å². The highest BCUT2D eigenvalue weighted by molar-refractivity contribution is 6.24. The maximum atomic E-state index is 15.9. The summed E-state index contributed by atoms with van der Waals surface area (Å²) in [7, 11) is 2.95. The molecule has 0 radical (unpaired) electrons. The van der Waals surface area contributed by atoms with E-state index in [0.717, 1.165) is 18.9 Å². The molecule has 41 heavy (non-hydrogen) atoms. The van der Waals surface area contributed by atoms with E-state index in [1.54, 1.807) is 0 Å². The molecule has 4 aliphatic carbocycles. The van der Waals surface area contributed by atoms with Crippen LogP contribution in [0.4, 0.5) is 13.2 Å². The standard InChI is InChI=1S/C28H32F3N3O7/c1-33(2)22-15-6-12-5-14-19(16(35)7-13(21(14)31)9-34(10-17(29)30)8-11-3-4-11)23(36)18(12)25(38)28(15,41)26(39)20(24(22)37)27(32)40/h7,11-12,15,17,22,35-36,39,41H,3-6,8-10H2,1-2H3,(H2,32,40)/t12-,15-,22-,28-/m0/s1. The second kappa shape index (κ2) is 10.1. The molecule has 0 bridgehead atoms. The number of hydrogen-bond acceptors (Lipinski definition) is 9. The van der Waals surface area contributed by atoms with E-state index < -0.39 is 88.2 Å². The number of aromatic hydroxyl groups is 1. The van der Waals surface area contributed by atoms with Crippen LogP contribution in [0.15, 0.2) is 23.0 Å². The van der Waals surface area contributed by atoms with Crippen molar-refractivity contribution in [3.63, 3.8) is 0 Å². The van der Waals surface area contributed by atoms with E-state index in [1.807, 2.05) is 0 Å². The van der Waals surface area contributed by atoms with Crippen LogP contribution in [0.1, 0.15) is 36.0 Å². The number of nitrogens with zero attached hydrogens (tertiary/aromatic N) is 2. The number of ketones is 2. The van der Waals surface area contributed by atoms with Gasteiger partial charge in [0.25, 0.3) is 12.3 Å². The molecule has 0 heterocycles. The van der Waals surface area contributed by atoms with Gasteiger partial charge in [-0.25, -0.2) is 13.2 Å². The SMILES string of the molecule is CN(C)[C@@H]1C(=O)C(C(N)=O)=C(O)[C@@]2(O)C(=O)C3=C(O)c4c(O)cc(CN(CC(F)F)CC5CC5)c(F)c4C[C@H]3C[C@@H]12. The predicted octanol–water partition coefficient (Wildman–Crippen LogP) is 1.58. The van der Waals surface area contributed by atoms with Crippen LogP contribution >= 0.6 is 0 Å². The van der Waals surface area contributed by atoms with Crippen molar-refractivity contribution < 1.29 is 48.0 Å². The van der Waals surface area contributed by atoms with Gasteiger partial charge < -0.3 is 26.2 Å². The fraction of sp³-hybridized carbons (Fsp3) is 0.536. The minimum Gasteiger partial charge on any atom is -0.508 e. The third kappa shape index (κ3) is 4.59. The number of alkyl halides is 2. The zero-order valence-corrected chi connectivity index (χ0v) is 22.5. The summed E-state index contributed by atoms with van der Waals surface area (Å²) in [5, 5.41) is 44.5. The normalized spacial score (nSPS) is 28.0. The Labute approximate surface area is 233 Å². The van der Waals surface area contributed by atoms with Gasteiger partial charge in [-0.3, -0.25) is 24.2 Å². The van der Waals surface area contributed by atoms with Gasteiger partial charge >= 0.3 is 0 Å². The van der Waals surface area contributed by atoms with Gasteiger partial charge in [0.1, 0.15) is 28.7 Å². The quantitative estimate of drug-likeness (QED) is 0.288. The first-order chi connectivity index (χ1) is 19.2. The Balaban J connectivity index is 1.60. The number of benzene rings is 1. The number of carbonyl (C=O) groups excluding carboxylic acids is 3. The Hall–Kier alpha value is -3.42. The van der Waals surface area contributed by atoms with Gasteiger partial charge in [0.05, 0.1) is 18.2 Å². The summed E-state index contributed by atoms with van der Waals surface area (Å²) < 4.78 is 42.4. The zero-order valence-electron chi connectivity index (χ0n) is 22.5. The number of halogens is 3. The second-order valence-electron chi connectivity index (χ2n) is 11.7. The number of amides is 1. The van der Waals surface area contributed by atoms with Gasteiger partial charge in [-0.05, 0) is 57.7 Å². The van der Waals surface area contributed by atoms with Crippen LogP contribution in [0.2, 0.25) is 0 Å². The van der Waals surface area contributed by atoms with Crippen LogP contribution in [0.3, 0.4) is 0 Å². The van der Waals surface area contributed by atoms with Crippen LogP contribution in [0, 0.1) is 23.6 Å². The first-order valence-corrected chi connectivity index (χ1v) is 13.4. The Morgan fingerprint density at radius 1 is 1.20 bits per heavy atom. The van der Waals surface area contributed by atoms with E-state index in [2.05, 4.69) is 0 Å². The first kappa shape index (κ1) is 29.1. The monoisotopic (exact) mass is 579 g/mol. The molecule has 0 unspecified atom stereocenters. The highest BCUT2D eigenvalue weighted by Gasteiger charge is 2.64. The minimum absolute atomic E-state index is 0.0527. The lowest BCUT2D eigenvalue weighted by Crippen LogP contribution is -2.65. The van der Waals surface area contributed by atoms with Crippen molar-refractivity contribution in [1.29, 1.82) is 0 Å². The number of carbonyl (C=O) groups is 3. The van der Waals surface area contributed by atoms with E-state index in [-0.39, 0.29) is 42.0 Å². The smallest absolute Gasteiger partial charge is 0.255 e. The van der Waals surface area contributed by atoms with E-state index in [4.69, 9.17) is 5.73 Å². The van der Waals surface area contributed by atoms with E-state index in [1.165, 1.54) is 23.9 Å². The molecule has 1 aromatic carbocycles. The summed E-state index contributed by atoms with van der Waals surface area (Å²) in [6.07, 6.45) is -1.27. The molecule has 2 saturated carbocycles.